The molecule has 10 nitrogen and oxygen atoms in total. The molecular formula is C18H25FN6O4. The average Bonchev–Trinajstić information content (AvgIpc) is 3.38. The molecule has 0 aromatic carbocycles. The smallest absolute Gasteiger partial charge is 0.309 e. The van der Waals surface area contributed by atoms with E-state index >= 15 is 0 Å². The molecule has 2 atom stereocenters. The molecule has 0 unspecified atom stereocenters. The van der Waals surface area contributed by atoms with Crippen LogP contribution in [0, 0.1) is 17.9 Å². The maximum absolute atomic E-state index is 13.2. The van der Waals surface area contributed by atoms with Gasteiger partial charge in [0.1, 0.15) is 11.9 Å². The van der Waals surface area contributed by atoms with Crippen molar-refractivity contribution >= 4 is 24.0 Å². The highest BCUT2D eigenvalue weighted by molar-refractivity contribution is 5.97. The number of rotatable bonds is 8. The summed E-state index contributed by atoms with van der Waals surface area (Å²) in [6, 6.07) is 0.543. The van der Waals surface area contributed by atoms with Crippen LogP contribution in [0.4, 0.5) is 10.2 Å². The Labute approximate surface area is 167 Å². The van der Waals surface area contributed by atoms with E-state index in [0.717, 1.165) is 25.7 Å². The first-order chi connectivity index (χ1) is 14.0. The number of nitrogens with zero attached hydrogens (tertiary/aromatic N) is 4. The summed E-state index contributed by atoms with van der Waals surface area (Å²) >= 11 is 0. The molecule has 158 valence electrons. The molecule has 1 aromatic rings. The summed E-state index contributed by atoms with van der Waals surface area (Å²) in [5, 5.41) is 13.8. The number of nitrogens with one attached hydrogen (secondary N) is 2. The molecule has 1 aliphatic carbocycles. The van der Waals surface area contributed by atoms with Crippen LogP contribution in [0.2, 0.25) is 0 Å². The summed E-state index contributed by atoms with van der Waals surface area (Å²) in [5.74, 6) is -1.14. The Hall–Kier alpha value is -2.66. The number of anilines is 1. The molecule has 1 aromatic heterocycles. The quantitative estimate of drug-likeness (QED) is 0.250. The van der Waals surface area contributed by atoms with Gasteiger partial charge in [0.05, 0.1) is 12.5 Å². The first kappa shape index (κ1) is 21.1. The average molecular weight is 408 g/mol. The molecule has 3 N–H and O–H groups in total. The lowest BCUT2D eigenvalue weighted by Crippen LogP contribution is -2.51. The Bertz CT molecular complexity index is 745. The van der Waals surface area contributed by atoms with E-state index in [1.807, 2.05) is 0 Å². The molecule has 1 saturated heterocycles. The van der Waals surface area contributed by atoms with Crippen LogP contribution in [-0.4, -0.2) is 62.6 Å². The number of hydroxylamine groups is 2. The van der Waals surface area contributed by atoms with Crippen molar-refractivity contribution in [2.75, 3.05) is 18.4 Å². The molecule has 3 amide bonds. The van der Waals surface area contributed by atoms with Gasteiger partial charge in [-0.2, -0.15) is 9.37 Å². The normalized spacial score (nSPS) is 20.5. The van der Waals surface area contributed by atoms with Crippen molar-refractivity contribution in [3.05, 3.63) is 18.3 Å². The number of amides is 3. The van der Waals surface area contributed by atoms with Gasteiger partial charge < -0.3 is 5.32 Å². The van der Waals surface area contributed by atoms with E-state index in [2.05, 4.69) is 20.7 Å². The molecule has 0 spiro atoms. The Kier molecular flexibility index (Phi) is 7.04. The van der Waals surface area contributed by atoms with E-state index < -0.39 is 23.9 Å². The van der Waals surface area contributed by atoms with Crippen LogP contribution in [0.25, 0.3) is 0 Å². The van der Waals surface area contributed by atoms with Gasteiger partial charge in [-0.15, -0.1) is 0 Å². The van der Waals surface area contributed by atoms with Crippen molar-refractivity contribution in [3.63, 3.8) is 0 Å². The number of carbonyl (C=O) groups is 3. The second-order valence-corrected chi connectivity index (χ2v) is 7.43. The molecule has 2 fully saturated rings. The van der Waals surface area contributed by atoms with E-state index in [9.17, 15) is 24.0 Å². The van der Waals surface area contributed by atoms with Gasteiger partial charge in [-0.1, -0.05) is 25.7 Å². The van der Waals surface area contributed by atoms with Crippen LogP contribution < -0.4 is 10.7 Å². The summed E-state index contributed by atoms with van der Waals surface area (Å²) in [4.78, 5) is 43.5. The molecule has 1 aliphatic heterocycles. The molecule has 3 rings (SSSR count). The number of hydrazine groups is 1. The standard InChI is InChI=1S/C18H25FN6O4/c19-18-20-7-6-15(23-18)22-16(27)14-5-8-21-25(14)17(28)13(10-24(29)11-26)9-12-3-1-2-4-12/h6-7,11-14,21,29H,1-5,8-10H2,(H,20,22,23,27)/t13-,14+/m1/s1. The minimum absolute atomic E-state index is 0.00629. The molecule has 29 heavy (non-hydrogen) atoms. The zero-order chi connectivity index (χ0) is 20.8. The molecule has 11 heteroatoms. The number of halogens is 1. The molecule has 2 heterocycles. The first-order valence-corrected chi connectivity index (χ1v) is 9.74. The second-order valence-electron chi connectivity index (χ2n) is 7.43. The summed E-state index contributed by atoms with van der Waals surface area (Å²) < 4.78 is 13.1. The Morgan fingerprint density at radius 3 is 2.86 bits per heavy atom. The summed E-state index contributed by atoms with van der Waals surface area (Å²) in [5.41, 5.74) is 2.91. The van der Waals surface area contributed by atoms with Crippen molar-refractivity contribution < 1.29 is 24.0 Å². The molecule has 0 radical (unpaired) electrons. The van der Waals surface area contributed by atoms with Crippen LogP contribution in [-0.2, 0) is 14.4 Å². The van der Waals surface area contributed by atoms with E-state index in [4.69, 9.17) is 0 Å². The fraction of sp³-hybridized carbons (Fsp3) is 0.611. The fourth-order valence-electron chi connectivity index (χ4n) is 4.02. The highest BCUT2D eigenvalue weighted by Crippen LogP contribution is 2.31. The topological polar surface area (TPSA) is 128 Å². The summed E-state index contributed by atoms with van der Waals surface area (Å²) in [7, 11) is 0. The van der Waals surface area contributed by atoms with Crippen LogP contribution in [0.5, 0.6) is 0 Å². The number of aromatic nitrogens is 2. The van der Waals surface area contributed by atoms with Gasteiger partial charge in [0.15, 0.2) is 0 Å². The van der Waals surface area contributed by atoms with E-state index in [1.54, 1.807) is 0 Å². The third kappa shape index (κ3) is 5.45. The lowest BCUT2D eigenvalue weighted by Gasteiger charge is -2.29. The van der Waals surface area contributed by atoms with Crippen LogP contribution in [0.3, 0.4) is 0 Å². The lowest BCUT2D eigenvalue weighted by molar-refractivity contribution is -0.159. The van der Waals surface area contributed by atoms with E-state index in [-0.39, 0.29) is 24.7 Å². The van der Waals surface area contributed by atoms with Crippen LogP contribution in [0.15, 0.2) is 12.3 Å². The van der Waals surface area contributed by atoms with E-state index in [1.165, 1.54) is 17.3 Å². The Morgan fingerprint density at radius 2 is 2.17 bits per heavy atom. The van der Waals surface area contributed by atoms with Gasteiger partial charge >= 0.3 is 6.08 Å². The summed E-state index contributed by atoms with van der Waals surface area (Å²) in [6.07, 6.45) is 5.61. The van der Waals surface area contributed by atoms with Crippen molar-refractivity contribution in [2.45, 2.75) is 44.6 Å². The number of hydrogen-bond acceptors (Lipinski definition) is 7. The second kappa shape index (κ2) is 9.70. The third-order valence-electron chi connectivity index (χ3n) is 5.40. The molecule has 1 saturated carbocycles. The molecule has 0 bridgehead atoms. The first-order valence-electron chi connectivity index (χ1n) is 9.74. The summed E-state index contributed by atoms with van der Waals surface area (Å²) in [6.45, 7) is 0.275. The van der Waals surface area contributed by atoms with Crippen molar-refractivity contribution in [1.29, 1.82) is 0 Å². The predicted molar refractivity (Wildman–Crippen MR) is 98.5 cm³/mol. The van der Waals surface area contributed by atoms with Crippen LogP contribution >= 0.6 is 0 Å². The molecular weight excluding hydrogens is 383 g/mol. The number of hydrogen-bond donors (Lipinski definition) is 3. The zero-order valence-electron chi connectivity index (χ0n) is 16.0. The van der Waals surface area contributed by atoms with Gasteiger partial charge in [0.25, 0.3) is 0 Å². The highest BCUT2D eigenvalue weighted by atomic mass is 19.1. The van der Waals surface area contributed by atoms with Gasteiger partial charge in [0, 0.05) is 12.7 Å². The van der Waals surface area contributed by atoms with Gasteiger partial charge in [-0.05, 0) is 24.8 Å². The zero-order valence-corrected chi connectivity index (χ0v) is 16.0. The highest BCUT2D eigenvalue weighted by Gasteiger charge is 2.39. The van der Waals surface area contributed by atoms with Crippen molar-refractivity contribution in [2.24, 2.45) is 11.8 Å². The fourth-order valence-corrected chi connectivity index (χ4v) is 4.02. The van der Waals surface area contributed by atoms with Gasteiger partial charge in [-0.25, -0.2) is 15.5 Å². The maximum Gasteiger partial charge on any atom is 0.310 e. The molecule has 2 aliphatic rings. The minimum Gasteiger partial charge on any atom is -0.309 e. The predicted octanol–water partition coefficient (Wildman–Crippen LogP) is 0.704. The van der Waals surface area contributed by atoms with Gasteiger partial charge in [-0.3, -0.25) is 24.6 Å². The van der Waals surface area contributed by atoms with E-state index in [0.29, 0.717) is 30.4 Å². The third-order valence-corrected chi connectivity index (χ3v) is 5.40. The SMILES string of the molecule is O=CN(O)C[C@@H](CC1CCCC1)C(=O)N1NCC[C@H]1C(=O)Nc1ccnc(F)n1. The monoisotopic (exact) mass is 408 g/mol. The minimum atomic E-state index is -0.964. The van der Waals surface area contributed by atoms with Crippen molar-refractivity contribution in [1.82, 2.24) is 25.5 Å². The maximum atomic E-state index is 13.2. The largest absolute Gasteiger partial charge is 0.310 e. The Balaban J connectivity index is 1.69. The van der Waals surface area contributed by atoms with Crippen LogP contribution in [0.1, 0.15) is 38.5 Å². The lowest BCUT2D eigenvalue weighted by atomic mass is 9.92. The van der Waals surface area contributed by atoms with Crippen molar-refractivity contribution in [3.8, 4) is 0 Å². The Morgan fingerprint density at radius 1 is 1.41 bits per heavy atom. The number of carbonyl (C=O) groups excluding carboxylic acids is 3. The van der Waals surface area contributed by atoms with Gasteiger partial charge in [0.2, 0.25) is 18.2 Å².